The maximum Gasteiger partial charge on any atom is 0.223 e. The van der Waals surface area contributed by atoms with E-state index in [9.17, 15) is 4.79 Å². The highest BCUT2D eigenvalue weighted by Gasteiger charge is 2.17. The van der Waals surface area contributed by atoms with Crippen molar-refractivity contribution in [2.24, 2.45) is 5.73 Å². The van der Waals surface area contributed by atoms with Crippen molar-refractivity contribution in [3.05, 3.63) is 0 Å². The van der Waals surface area contributed by atoms with E-state index in [-0.39, 0.29) is 12.5 Å². The van der Waals surface area contributed by atoms with Crippen LogP contribution >= 0.6 is 12.2 Å². The van der Waals surface area contributed by atoms with Crippen molar-refractivity contribution in [2.75, 3.05) is 59.5 Å². The van der Waals surface area contributed by atoms with Crippen LogP contribution < -0.4 is 5.73 Å². The Morgan fingerprint density at radius 1 is 1.20 bits per heavy atom. The smallest absolute Gasteiger partial charge is 0.223 e. The second-order valence-corrected chi connectivity index (χ2v) is 5.71. The van der Waals surface area contributed by atoms with Gasteiger partial charge in [0, 0.05) is 65.7 Å². The first kappa shape index (κ1) is 17.3. The van der Waals surface area contributed by atoms with Crippen LogP contribution in [0.15, 0.2) is 0 Å². The van der Waals surface area contributed by atoms with Gasteiger partial charge in [0.15, 0.2) is 0 Å². The molecular formula is C13H26N4O2S. The number of carbonyl (C=O) groups is 1. The third kappa shape index (κ3) is 6.60. The molecule has 0 radical (unpaired) electrons. The Kier molecular flexibility index (Phi) is 7.98. The molecular weight excluding hydrogens is 276 g/mol. The maximum absolute atomic E-state index is 11.9. The average molecular weight is 302 g/mol. The number of carbonyl (C=O) groups excluding carboxylic acids is 1. The van der Waals surface area contributed by atoms with Crippen LogP contribution in [-0.4, -0.2) is 90.2 Å². The predicted octanol–water partition coefficient (Wildman–Crippen LogP) is -0.879. The first-order chi connectivity index (χ1) is 9.52. The van der Waals surface area contributed by atoms with E-state index < -0.39 is 0 Å². The lowest BCUT2D eigenvalue weighted by molar-refractivity contribution is -0.130. The van der Waals surface area contributed by atoms with Gasteiger partial charge in [-0.25, -0.2) is 0 Å². The van der Waals surface area contributed by atoms with E-state index in [0.29, 0.717) is 24.4 Å². The fourth-order valence-electron chi connectivity index (χ4n) is 2.23. The molecule has 0 saturated carbocycles. The predicted molar refractivity (Wildman–Crippen MR) is 83.6 cm³/mol. The minimum absolute atomic E-state index is 0.138. The second-order valence-electron chi connectivity index (χ2n) is 5.19. The van der Waals surface area contributed by atoms with Crippen molar-refractivity contribution < 1.29 is 9.90 Å². The average Bonchev–Trinajstić information content (AvgIpc) is 2.44. The van der Waals surface area contributed by atoms with Crippen LogP contribution in [0.4, 0.5) is 0 Å². The van der Waals surface area contributed by atoms with E-state index >= 15 is 0 Å². The largest absolute Gasteiger partial charge is 0.395 e. The summed E-state index contributed by atoms with van der Waals surface area (Å²) < 4.78 is 0. The van der Waals surface area contributed by atoms with Crippen molar-refractivity contribution >= 4 is 23.1 Å². The van der Waals surface area contributed by atoms with Crippen molar-refractivity contribution in [2.45, 2.75) is 12.8 Å². The molecule has 1 aliphatic heterocycles. The molecule has 116 valence electrons. The molecule has 1 amide bonds. The Bertz CT molecular complexity index is 319. The molecule has 7 heteroatoms. The van der Waals surface area contributed by atoms with E-state index in [4.69, 9.17) is 23.1 Å². The monoisotopic (exact) mass is 302 g/mol. The number of nitrogens with zero attached hydrogens (tertiary/aromatic N) is 3. The summed E-state index contributed by atoms with van der Waals surface area (Å²) in [6.07, 6.45) is 1.12. The molecule has 0 aliphatic carbocycles. The second kappa shape index (κ2) is 9.23. The number of piperazine rings is 1. The van der Waals surface area contributed by atoms with Gasteiger partial charge < -0.3 is 20.6 Å². The Hall–Kier alpha value is -0.760. The van der Waals surface area contributed by atoms with Crippen LogP contribution in [0.3, 0.4) is 0 Å². The summed E-state index contributed by atoms with van der Waals surface area (Å²) in [4.78, 5) is 18.6. The van der Waals surface area contributed by atoms with Gasteiger partial charge >= 0.3 is 0 Å². The Balaban J connectivity index is 2.17. The zero-order valence-corrected chi connectivity index (χ0v) is 13.1. The van der Waals surface area contributed by atoms with Gasteiger partial charge in [-0.2, -0.15) is 0 Å². The minimum Gasteiger partial charge on any atom is -0.395 e. The summed E-state index contributed by atoms with van der Waals surface area (Å²) in [6, 6.07) is 0. The number of rotatable bonds is 8. The molecule has 0 spiro atoms. The highest BCUT2D eigenvalue weighted by molar-refractivity contribution is 7.80. The van der Waals surface area contributed by atoms with Crippen LogP contribution in [0.5, 0.6) is 0 Å². The lowest BCUT2D eigenvalue weighted by atomic mass is 10.2. The number of aliphatic hydroxyl groups excluding tert-OH is 1. The Labute approximate surface area is 126 Å². The lowest BCUT2D eigenvalue weighted by Crippen LogP contribution is -2.48. The fourth-order valence-corrected chi connectivity index (χ4v) is 2.32. The van der Waals surface area contributed by atoms with Crippen LogP contribution in [0, 0.1) is 0 Å². The van der Waals surface area contributed by atoms with E-state index in [1.165, 1.54) is 0 Å². The molecule has 3 N–H and O–H groups in total. The van der Waals surface area contributed by atoms with Gasteiger partial charge in [0.05, 0.1) is 11.6 Å². The van der Waals surface area contributed by atoms with Crippen LogP contribution in [0.25, 0.3) is 0 Å². The summed E-state index contributed by atoms with van der Waals surface area (Å²) in [6.45, 7) is 6.20. The normalized spacial score (nSPS) is 17.1. The molecule has 0 aromatic heterocycles. The van der Waals surface area contributed by atoms with Gasteiger partial charge in [-0.05, 0) is 0 Å². The van der Waals surface area contributed by atoms with Crippen molar-refractivity contribution in [1.29, 1.82) is 0 Å². The number of thiocarbonyl (C=S) groups is 1. The van der Waals surface area contributed by atoms with Crippen molar-refractivity contribution in [3.8, 4) is 0 Å². The standard InChI is InChI=1S/C13H26N4O2S/c1-15(4-2-12(14)20)13(19)3-5-16-6-8-17(9-7-16)10-11-18/h18H,2-11H2,1H3,(H2,14,20). The molecule has 20 heavy (non-hydrogen) atoms. The third-order valence-corrected chi connectivity index (χ3v) is 3.85. The Morgan fingerprint density at radius 3 is 2.25 bits per heavy atom. The molecule has 1 aliphatic rings. The summed E-state index contributed by atoms with van der Waals surface area (Å²) >= 11 is 4.81. The molecule has 1 fully saturated rings. The lowest BCUT2D eigenvalue weighted by Gasteiger charge is -2.34. The van der Waals surface area contributed by atoms with Crippen molar-refractivity contribution in [1.82, 2.24) is 14.7 Å². The summed E-state index contributed by atoms with van der Waals surface area (Å²) in [7, 11) is 1.79. The Morgan fingerprint density at radius 2 is 1.75 bits per heavy atom. The van der Waals surface area contributed by atoms with Crippen LogP contribution in [0.2, 0.25) is 0 Å². The van der Waals surface area contributed by atoms with E-state index in [1.807, 2.05) is 0 Å². The van der Waals surface area contributed by atoms with Crippen LogP contribution in [-0.2, 0) is 4.79 Å². The molecule has 1 saturated heterocycles. The van der Waals surface area contributed by atoms with E-state index in [0.717, 1.165) is 39.3 Å². The zero-order valence-electron chi connectivity index (χ0n) is 12.3. The molecule has 6 nitrogen and oxygen atoms in total. The highest BCUT2D eigenvalue weighted by Crippen LogP contribution is 2.03. The number of hydrogen-bond acceptors (Lipinski definition) is 5. The van der Waals surface area contributed by atoms with E-state index in [2.05, 4.69) is 9.80 Å². The molecule has 0 aromatic rings. The van der Waals surface area contributed by atoms with Gasteiger partial charge in [-0.15, -0.1) is 0 Å². The molecule has 0 unspecified atom stereocenters. The maximum atomic E-state index is 11.9. The van der Waals surface area contributed by atoms with Gasteiger partial charge in [0.2, 0.25) is 5.91 Å². The van der Waals surface area contributed by atoms with Gasteiger partial charge in [0.1, 0.15) is 0 Å². The SMILES string of the molecule is CN(CCC(N)=S)C(=O)CCN1CCN(CCO)CC1. The number of amides is 1. The molecule has 0 bridgehead atoms. The minimum atomic E-state index is 0.138. The topological polar surface area (TPSA) is 73.0 Å². The van der Waals surface area contributed by atoms with Crippen molar-refractivity contribution in [3.63, 3.8) is 0 Å². The number of aliphatic hydroxyl groups is 1. The van der Waals surface area contributed by atoms with Crippen LogP contribution in [0.1, 0.15) is 12.8 Å². The number of nitrogens with two attached hydrogens (primary N) is 1. The van der Waals surface area contributed by atoms with Gasteiger partial charge in [-0.1, -0.05) is 12.2 Å². The molecule has 1 rings (SSSR count). The summed E-state index contributed by atoms with van der Waals surface area (Å²) in [5.74, 6) is 0.138. The summed E-state index contributed by atoms with van der Waals surface area (Å²) in [5.41, 5.74) is 5.43. The zero-order chi connectivity index (χ0) is 15.0. The molecule has 0 atom stereocenters. The van der Waals surface area contributed by atoms with Gasteiger partial charge in [0.25, 0.3) is 0 Å². The number of hydrogen-bond donors (Lipinski definition) is 2. The first-order valence-electron chi connectivity index (χ1n) is 7.10. The molecule has 1 heterocycles. The summed E-state index contributed by atoms with van der Waals surface area (Å²) in [5, 5.41) is 8.89. The van der Waals surface area contributed by atoms with Gasteiger partial charge in [-0.3, -0.25) is 9.69 Å². The fraction of sp³-hybridized carbons (Fsp3) is 0.846. The number of β-amino-alcohol motifs (C(OH)–C–C–N with tert-alkyl or cyclic N) is 1. The quantitative estimate of drug-likeness (QED) is 0.567. The van der Waals surface area contributed by atoms with E-state index in [1.54, 1.807) is 11.9 Å². The first-order valence-corrected chi connectivity index (χ1v) is 7.51. The molecule has 0 aromatic carbocycles. The third-order valence-electron chi connectivity index (χ3n) is 3.64. The highest BCUT2D eigenvalue weighted by atomic mass is 32.1.